The minimum absolute atomic E-state index is 0.0734. The summed E-state index contributed by atoms with van der Waals surface area (Å²) in [6.45, 7) is 5.35. The molecule has 1 rings (SSSR count). The van der Waals surface area contributed by atoms with Gasteiger partial charge in [0, 0.05) is 10.9 Å². The van der Waals surface area contributed by atoms with Crippen LogP contribution < -0.4 is 15.2 Å². The first-order valence-corrected chi connectivity index (χ1v) is 6.99. The predicted octanol–water partition coefficient (Wildman–Crippen LogP) is 0.677. The molecule has 0 saturated carbocycles. The Kier molecular flexibility index (Phi) is 3.74. The van der Waals surface area contributed by atoms with Crippen molar-refractivity contribution in [1.29, 1.82) is 0 Å². The monoisotopic (exact) mass is 279 g/mol. The van der Waals surface area contributed by atoms with Crippen molar-refractivity contribution in [2.24, 2.45) is 5.14 Å². The molecule has 17 heavy (non-hydrogen) atoms. The number of nitrogens with zero attached hydrogens (tertiary/aromatic N) is 1. The molecule has 1 aromatic heterocycles. The van der Waals surface area contributed by atoms with Gasteiger partial charge in [-0.15, -0.1) is 0 Å². The molecule has 3 N–H and O–H groups in total. The molecule has 0 aliphatic rings. The largest absolute Gasteiger partial charge is 0.414 e. The van der Waals surface area contributed by atoms with E-state index >= 15 is 0 Å². The Morgan fingerprint density at radius 1 is 1.53 bits per heavy atom. The van der Waals surface area contributed by atoms with Crippen LogP contribution in [0.25, 0.3) is 0 Å². The van der Waals surface area contributed by atoms with E-state index < -0.39 is 21.7 Å². The number of primary sulfonamides is 1. The van der Waals surface area contributed by atoms with Crippen molar-refractivity contribution in [3.05, 3.63) is 5.38 Å². The van der Waals surface area contributed by atoms with Gasteiger partial charge in [-0.2, -0.15) is 4.98 Å². The number of sulfonamides is 1. The first-order valence-electron chi connectivity index (χ1n) is 4.56. The molecule has 0 aliphatic carbocycles. The maximum absolute atomic E-state index is 11.3. The zero-order valence-electron chi connectivity index (χ0n) is 9.55. The van der Waals surface area contributed by atoms with Gasteiger partial charge in [-0.05, 0) is 20.8 Å². The van der Waals surface area contributed by atoms with Gasteiger partial charge in [0.15, 0.2) is 5.03 Å². The Hall–Kier alpha value is -1.19. The van der Waals surface area contributed by atoms with Crippen LogP contribution in [0.4, 0.5) is 4.79 Å². The molecule has 0 unspecified atom stereocenters. The second-order valence-electron chi connectivity index (χ2n) is 4.26. The van der Waals surface area contributed by atoms with Gasteiger partial charge >= 0.3 is 6.09 Å². The molecule has 0 aromatic carbocycles. The second kappa shape index (κ2) is 4.59. The smallest absolute Gasteiger partial charge is 0.381 e. The summed E-state index contributed by atoms with van der Waals surface area (Å²) in [7, 11) is -3.87. The van der Waals surface area contributed by atoms with Crippen LogP contribution in [-0.4, -0.2) is 25.0 Å². The summed E-state index contributed by atoms with van der Waals surface area (Å²) in [5.74, 6) is 0. The number of rotatable bonds is 2. The van der Waals surface area contributed by atoms with E-state index in [1.165, 1.54) is 5.38 Å². The quantitative estimate of drug-likeness (QED) is 0.826. The molecule has 0 radical (unpaired) electrons. The summed E-state index contributed by atoms with van der Waals surface area (Å²) in [5, 5.41) is 8.21. The van der Waals surface area contributed by atoms with Crippen LogP contribution >= 0.6 is 11.3 Å². The van der Waals surface area contributed by atoms with Gasteiger partial charge in [-0.25, -0.2) is 18.4 Å². The summed E-state index contributed by atoms with van der Waals surface area (Å²) < 4.78 is 26.7. The van der Waals surface area contributed by atoms with Crippen LogP contribution in [0.15, 0.2) is 10.4 Å². The molecule has 0 atom stereocenters. The zero-order valence-corrected chi connectivity index (χ0v) is 11.2. The third-order valence-electron chi connectivity index (χ3n) is 1.41. The second-order valence-corrected chi connectivity index (χ2v) is 6.59. The van der Waals surface area contributed by atoms with Crippen molar-refractivity contribution in [2.75, 3.05) is 0 Å². The molecule has 1 heterocycles. The molecular weight excluding hydrogens is 266 g/mol. The van der Waals surface area contributed by atoms with Crippen molar-refractivity contribution in [1.82, 2.24) is 10.3 Å². The van der Waals surface area contributed by atoms with Crippen LogP contribution in [0, 0.1) is 0 Å². The van der Waals surface area contributed by atoms with Gasteiger partial charge in [0.25, 0.3) is 15.2 Å². The number of thiazole rings is 1. The van der Waals surface area contributed by atoms with E-state index in [1.54, 1.807) is 20.8 Å². The predicted molar refractivity (Wildman–Crippen MR) is 62.4 cm³/mol. The lowest BCUT2D eigenvalue weighted by Crippen LogP contribution is -2.42. The van der Waals surface area contributed by atoms with E-state index in [0.29, 0.717) is 0 Å². The number of hydrogen-bond donors (Lipinski definition) is 2. The number of hydrogen-bond acceptors (Lipinski definition) is 6. The summed E-state index contributed by atoms with van der Waals surface area (Å²) in [5.41, 5.74) is -0.447. The van der Waals surface area contributed by atoms with Gasteiger partial charge in [-0.1, -0.05) is 11.3 Å². The Balaban J connectivity index is 2.71. The minimum Gasteiger partial charge on any atom is -0.381 e. The number of carbonyl (C=O) groups is 1. The number of carbonyl (C=O) groups excluding carboxylic acids is 1. The van der Waals surface area contributed by atoms with Crippen molar-refractivity contribution >= 4 is 27.5 Å². The van der Waals surface area contributed by atoms with Crippen molar-refractivity contribution < 1.29 is 17.9 Å². The number of nitrogens with one attached hydrogen (secondary N) is 1. The lowest BCUT2D eigenvalue weighted by atomic mass is 10.1. The maximum Gasteiger partial charge on any atom is 0.414 e. The Bertz CT molecular complexity index is 515. The molecule has 7 nitrogen and oxygen atoms in total. The molecule has 96 valence electrons. The fraction of sp³-hybridized carbons (Fsp3) is 0.500. The van der Waals surface area contributed by atoms with Crippen LogP contribution in [0.5, 0.6) is 5.19 Å². The molecule has 0 spiro atoms. The van der Waals surface area contributed by atoms with E-state index in [4.69, 9.17) is 9.88 Å². The first-order chi connectivity index (χ1) is 7.58. The number of amides is 1. The highest BCUT2D eigenvalue weighted by Gasteiger charge is 2.18. The lowest BCUT2D eigenvalue weighted by Gasteiger charge is -2.18. The normalized spacial score (nSPS) is 12.2. The summed E-state index contributed by atoms with van der Waals surface area (Å²) in [6, 6.07) is 0. The highest BCUT2D eigenvalue weighted by molar-refractivity contribution is 7.89. The molecule has 0 fully saturated rings. The molecule has 9 heteroatoms. The standard InChI is InChI=1S/C8H13N3O4S2/c1-8(2,3)11-6(12)15-7-10-5(4-16-7)17(9,13)14/h4H,1-3H3,(H,11,12)(H2,9,13,14). The average Bonchev–Trinajstić information content (AvgIpc) is 2.47. The fourth-order valence-electron chi connectivity index (χ4n) is 0.832. The first kappa shape index (κ1) is 13.9. The number of aromatic nitrogens is 1. The van der Waals surface area contributed by atoms with Crippen LogP contribution in [-0.2, 0) is 10.0 Å². The van der Waals surface area contributed by atoms with E-state index in [0.717, 1.165) is 11.3 Å². The Morgan fingerprint density at radius 3 is 2.53 bits per heavy atom. The highest BCUT2D eigenvalue weighted by atomic mass is 32.2. The van der Waals surface area contributed by atoms with Gasteiger partial charge in [0.05, 0.1) is 0 Å². The number of ether oxygens (including phenoxy) is 1. The minimum atomic E-state index is -3.87. The van der Waals surface area contributed by atoms with Crippen LogP contribution in [0.3, 0.4) is 0 Å². The molecule has 0 bridgehead atoms. The fourth-order valence-corrected chi connectivity index (χ4v) is 2.31. The summed E-state index contributed by atoms with van der Waals surface area (Å²) in [6.07, 6.45) is -0.701. The molecular formula is C8H13N3O4S2. The van der Waals surface area contributed by atoms with Gasteiger partial charge in [0.2, 0.25) is 0 Å². The summed E-state index contributed by atoms with van der Waals surface area (Å²) in [4.78, 5) is 14.9. The maximum atomic E-state index is 11.3. The van der Waals surface area contributed by atoms with E-state index in [-0.39, 0.29) is 10.2 Å². The van der Waals surface area contributed by atoms with Crippen molar-refractivity contribution in [3.8, 4) is 5.19 Å². The van der Waals surface area contributed by atoms with Crippen molar-refractivity contribution in [3.63, 3.8) is 0 Å². The topological polar surface area (TPSA) is 111 Å². The highest BCUT2D eigenvalue weighted by Crippen LogP contribution is 2.20. The van der Waals surface area contributed by atoms with Gasteiger partial charge in [0.1, 0.15) is 0 Å². The zero-order chi connectivity index (χ0) is 13.3. The van der Waals surface area contributed by atoms with Gasteiger partial charge in [-0.3, -0.25) is 0 Å². The van der Waals surface area contributed by atoms with E-state index in [1.807, 2.05) is 0 Å². The SMILES string of the molecule is CC(C)(C)NC(=O)Oc1nc(S(N)(=O)=O)cs1. The van der Waals surface area contributed by atoms with Crippen LogP contribution in [0.1, 0.15) is 20.8 Å². The van der Waals surface area contributed by atoms with E-state index in [2.05, 4.69) is 10.3 Å². The lowest BCUT2D eigenvalue weighted by molar-refractivity contribution is 0.190. The van der Waals surface area contributed by atoms with E-state index in [9.17, 15) is 13.2 Å². The summed E-state index contributed by atoms with van der Waals surface area (Å²) >= 11 is 0.877. The molecule has 1 amide bonds. The molecule has 1 aromatic rings. The Labute approximate surface area is 103 Å². The van der Waals surface area contributed by atoms with Gasteiger partial charge < -0.3 is 10.1 Å². The van der Waals surface area contributed by atoms with Crippen molar-refractivity contribution in [2.45, 2.75) is 31.3 Å². The third-order valence-corrected chi connectivity index (χ3v) is 3.07. The Morgan fingerprint density at radius 2 is 2.12 bits per heavy atom. The third kappa shape index (κ3) is 4.67. The van der Waals surface area contributed by atoms with Crippen LogP contribution in [0.2, 0.25) is 0 Å². The number of nitrogens with two attached hydrogens (primary N) is 1. The average molecular weight is 279 g/mol. The molecule has 0 saturated heterocycles. The molecule has 0 aliphatic heterocycles.